The van der Waals surface area contributed by atoms with Gasteiger partial charge in [-0.1, -0.05) is 20.8 Å². The van der Waals surface area contributed by atoms with Crippen LogP contribution in [-0.4, -0.2) is 27.5 Å². The van der Waals surface area contributed by atoms with E-state index in [0.29, 0.717) is 53.4 Å². The number of H-pyrrole nitrogens is 1. The quantitative estimate of drug-likeness (QED) is 0.589. The number of carbonyl (C=O) groups is 1. The molecule has 2 aromatic heterocycles. The third kappa shape index (κ3) is 4.74. The normalized spacial score (nSPS) is 10.6. The van der Waals surface area contributed by atoms with Crippen LogP contribution in [0, 0.1) is 0 Å². The first-order chi connectivity index (χ1) is 14.6. The highest BCUT2D eigenvalue weighted by atomic mass is 16.5. The van der Waals surface area contributed by atoms with Crippen molar-refractivity contribution in [3.8, 4) is 17.1 Å². The van der Waals surface area contributed by atoms with E-state index in [4.69, 9.17) is 4.74 Å². The number of nitrogens with zero attached hydrogens (tertiary/aromatic N) is 2. The van der Waals surface area contributed by atoms with E-state index in [-0.39, 0.29) is 11.5 Å². The molecule has 0 atom stereocenters. The summed E-state index contributed by atoms with van der Waals surface area (Å²) in [6.07, 6.45) is 5.24. The highest BCUT2D eigenvalue weighted by Gasteiger charge is 2.16. The summed E-state index contributed by atoms with van der Waals surface area (Å²) in [4.78, 5) is 36.6. The Morgan fingerprint density at radius 1 is 1.17 bits per heavy atom. The minimum atomic E-state index is -0.270. The molecule has 3 rings (SSSR count). The number of pyridine rings is 1. The second kappa shape index (κ2) is 9.82. The number of aromatic amines is 1. The van der Waals surface area contributed by atoms with E-state index in [1.165, 1.54) is 6.20 Å². The third-order valence-corrected chi connectivity index (χ3v) is 4.67. The van der Waals surface area contributed by atoms with Crippen molar-refractivity contribution in [3.05, 3.63) is 69.9 Å². The second-order valence-electron chi connectivity index (χ2n) is 6.80. The van der Waals surface area contributed by atoms with Gasteiger partial charge < -0.3 is 15.0 Å². The predicted octanol–water partition coefficient (Wildman–Crippen LogP) is 4.00. The summed E-state index contributed by atoms with van der Waals surface area (Å²) in [5, 5.41) is 2.86. The Hall–Kier alpha value is -3.48. The lowest BCUT2D eigenvalue weighted by molar-refractivity contribution is 0.102. The average Bonchev–Trinajstić information content (AvgIpc) is 2.78. The van der Waals surface area contributed by atoms with Gasteiger partial charge in [-0.3, -0.25) is 14.6 Å². The molecule has 1 aromatic carbocycles. The zero-order valence-corrected chi connectivity index (χ0v) is 17.5. The van der Waals surface area contributed by atoms with E-state index >= 15 is 0 Å². The molecule has 0 bridgehead atoms. The molecule has 7 nitrogen and oxygen atoms in total. The van der Waals surface area contributed by atoms with E-state index in [1.54, 1.807) is 36.5 Å². The van der Waals surface area contributed by atoms with Gasteiger partial charge in [-0.15, -0.1) is 0 Å². The summed E-state index contributed by atoms with van der Waals surface area (Å²) >= 11 is 0. The van der Waals surface area contributed by atoms with Gasteiger partial charge in [0.2, 0.25) is 0 Å². The molecule has 30 heavy (non-hydrogen) atoms. The zero-order valence-electron chi connectivity index (χ0n) is 17.5. The van der Waals surface area contributed by atoms with Crippen LogP contribution >= 0.6 is 0 Å². The fraction of sp³-hybridized carbons (Fsp3) is 0.304. The number of anilines is 1. The molecule has 0 fully saturated rings. The Labute approximate surface area is 175 Å². The van der Waals surface area contributed by atoms with Gasteiger partial charge in [-0.05, 0) is 49.6 Å². The molecular formula is C23H26N4O3. The number of hydrogen-bond donors (Lipinski definition) is 2. The minimum absolute atomic E-state index is 0.148. The Bertz CT molecular complexity index is 1080. The molecule has 0 unspecified atom stereocenters. The summed E-state index contributed by atoms with van der Waals surface area (Å²) < 4.78 is 5.87. The van der Waals surface area contributed by atoms with Crippen molar-refractivity contribution in [2.24, 2.45) is 0 Å². The predicted molar refractivity (Wildman–Crippen MR) is 117 cm³/mol. The first-order valence-electron chi connectivity index (χ1n) is 10.2. The number of aromatic nitrogens is 3. The topological polar surface area (TPSA) is 97.0 Å². The van der Waals surface area contributed by atoms with Crippen molar-refractivity contribution in [1.29, 1.82) is 0 Å². The Balaban J connectivity index is 2.03. The molecule has 2 heterocycles. The molecule has 156 valence electrons. The highest BCUT2D eigenvalue weighted by Crippen LogP contribution is 2.31. The number of rotatable bonds is 8. The standard InChI is InChI=1S/C23H26N4O3/c1-4-12-30-20-10-9-16(25-22(28)15-8-7-11-24-14-15)13-18(20)21-26-19(6-3)17(5-2)23(29)27-21/h7-11,13-14H,4-6,12H2,1-3H3,(H,25,28)(H,26,27,29). The molecule has 1 amide bonds. The van der Waals surface area contributed by atoms with E-state index in [0.717, 1.165) is 12.1 Å². The molecule has 3 aromatic rings. The van der Waals surface area contributed by atoms with Gasteiger partial charge in [0, 0.05) is 23.6 Å². The zero-order chi connectivity index (χ0) is 21.5. The number of amides is 1. The average molecular weight is 406 g/mol. The third-order valence-electron chi connectivity index (χ3n) is 4.67. The van der Waals surface area contributed by atoms with Crippen LogP contribution in [0.5, 0.6) is 5.75 Å². The number of benzene rings is 1. The summed E-state index contributed by atoms with van der Waals surface area (Å²) in [5.74, 6) is 0.761. The van der Waals surface area contributed by atoms with E-state index in [1.807, 2.05) is 20.8 Å². The molecule has 7 heteroatoms. The molecule has 0 saturated carbocycles. The van der Waals surface area contributed by atoms with Crippen LogP contribution in [0.3, 0.4) is 0 Å². The lowest BCUT2D eigenvalue weighted by Gasteiger charge is -2.14. The van der Waals surface area contributed by atoms with Gasteiger partial charge in [-0.2, -0.15) is 0 Å². The molecule has 0 aliphatic heterocycles. The lowest BCUT2D eigenvalue weighted by atomic mass is 10.1. The van der Waals surface area contributed by atoms with Crippen LogP contribution < -0.4 is 15.6 Å². The van der Waals surface area contributed by atoms with Gasteiger partial charge in [0.1, 0.15) is 11.6 Å². The minimum Gasteiger partial charge on any atom is -0.493 e. The number of aryl methyl sites for hydroxylation is 1. The molecule has 0 radical (unpaired) electrons. The van der Waals surface area contributed by atoms with Crippen molar-refractivity contribution >= 4 is 11.6 Å². The van der Waals surface area contributed by atoms with Gasteiger partial charge in [0.05, 0.1) is 23.4 Å². The van der Waals surface area contributed by atoms with Crippen LogP contribution in [0.1, 0.15) is 48.8 Å². The fourth-order valence-corrected chi connectivity index (χ4v) is 3.16. The first-order valence-corrected chi connectivity index (χ1v) is 10.2. The smallest absolute Gasteiger partial charge is 0.257 e. The highest BCUT2D eigenvalue weighted by molar-refractivity contribution is 6.04. The van der Waals surface area contributed by atoms with Crippen molar-refractivity contribution in [2.45, 2.75) is 40.0 Å². The van der Waals surface area contributed by atoms with Gasteiger partial charge in [0.25, 0.3) is 11.5 Å². The number of ether oxygens (including phenoxy) is 1. The molecule has 2 N–H and O–H groups in total. The van der Waals surface area contributed by atoms with E-state index in [9.17, 15) is 9.59 Å². The first kappa shape index (κ1) is 21.2. The van der Waals surface area contributed by atoms with Crippen molar-refractivity contribution < 1.29 is 9.53 Å². The number of carbonyl (C=O) groups excluding carboxylic acids is 1. The van der Waals surface area contributed by atoms with Gasteiger partial charge in [-0.25, -0.2) is 4.98 Å². The van der Waals surface area contributed by atoms with Crippen molar-refractivity contribution in [2.75, 3.05) is 11.9 Å². The summed E-state index contributed by atoms with van der Waals surface area (Å²) in [6.45, 7) is 6.47. The van der Waals surface area contributed by atoms with Crippen LogP contribution in [0.2, 0.25) is 0 Å². The molecule has 0 spiro atoms. The Morgan fingerprint density at radius 2 is 2.00 bits per heavy atom. The van der Waals surface area contributed by atoms with Crippen LogP contribution in [-0.2, 0) is 12.8 Å². The summed E-state index contributed by atoms with van der Waals surface area (Å²) in [6, 6.07) is 8.71. The summed E-state index contributed by atoms with van der Waals surface area (Å²) in [5.41, 5.74) is 2.97. The Kier molecular flexibility index (Phi) is 6.95. The maximum atomic E-state index is 12.6. The van der Waals surface area contributed by atoms with Crippen molar-refractivity contribution in [1.82, 2.24) is 15.0 Å². The van der Waals surface area contributed by atoms with Crippen molar-refractivity contribution in [3.63, 3.8) is 0 Å². The maximum Gasteiger partial charge on any atom is 0.257 e. The van der Waals surface area contributed by atoms with E-state index in [2.05, 4.69) is 20.3 Å². The van der Waals surface area contributed by atoms with Crippen LogP contribution in [0.25, 0.3) is 11.4 Å². The van der Waals surface area contributed by atoms with Crippen LogP contribution in [0.4, 0.5) is 5.69 Å². The number of hydrogen-bond acceptors (Lipinski definition) is 5. The summed E-state index contributed by atoms with van der Waals surface area (Å²) in [7, 11) is 0. The molecule has 0 aliphatic rings. The molecule has 0 aliphatic carbocycles. The monoisotopic (exact) mass is 406 g/mol. The SMILES string of the molecule is CCCOc1ccc(NC(=O)c2cccnc2)cc1-c1nc(CC)c(CC)c(=O)[nH]1. The maximum absolute atomic E-state index is 12.6. The lowest BCUT2D eigenvalue weighted by Crippen LogP contribution is -2.18. The largest absolute Gasteiger partial charge is 0.493 e. The fourth-order valence-electron chi connectivity index (χ4n) is 3.16. The van der Waals surface area contributed by atoms with E-state index < -0.39 is 0 Å². The number of nitrogens with one attached hydrogen (secondary N) is 2. The Morgan fingerprint density at radius 3 is 2.67 bits per heavy atom. The molecular weight excluding hydrogens is 380 g/mol. The van der Waals surface area contributed by atoms with Crippen LogP contribution in [0.15, 0.2) is 47.5 Å². The van der Waals surface area contributed by atoms with Gasteiger partial charge in [0.15, 0.2) is 0 Å². The second-order valence-corrected chi connectivity index (χ2v) is 6.80. The molecule has 0 saturated heterocycles. The van der Waals surface area contributed by atoms with Gasteiger partial charge >= 0.3 is 0 Å².